The first-order chi connectivity index (χ1) is 16.2. The summed E-state index contributed by atoms with van der Waals surface area (Å²) in [5.41, 5.74) is 0.203. The van der Waals surface area contributed by atoms with Gasteiger partial charge in [-0.3, -0.25) is 20.2 Å². The molecule has 3 aromatic heterocycles. The third-order valence-electron chi connectivity index (χ3n) is 6.70. The van der Waals surface area contributed by atoms with Crippen molar-refractivity contribution in [2.24, 2.45) is 12.5 Å². The summed E-state index contributed by atoms with van der Waals surface area (Å²) in [6, 6.07) is -1.59. The van der Waals surface area contributed by atoms with E-state index in [0.29, 0.717) is 35.0 Å². The Balaban J connectivity index is 1.61. The number of fused-ring (bicyclic) bond motifs is 5. The summed E-state index contributed by atoms with van der Waals surface area (Å²) in [7, 11) is 1.70. The Morgan fingerprint density at radius 3 is 2.62 bits per heavy atom. The van der Waals surface area contributed by atoms with Gasteiger partial charge < -0.3 is 14.2 Å². The molecule has 1 spiro atoms. The van der Waals surface area contributed by atoms with Gasteiger partial charge in [0.1, 0.15) is 16.9 Å². The molecule has 3 aromatic rings. The zero-order chi connectivity index (χ0) is 23.9. The summed E-state index contributed by atoms with van der Waals surface area (Å²) in [4.78, 5) is 49.3. The van der Waals surface area contributed by atoms with Crippen molar-refractivity contribution < 1.29 is 23.6 Å². The number of anilines is 1. The Morgan fingerprint density at radius 1 is 1.21 bits per heavy atom. The number of halogens is 1. The highest BCUT2D eigenvalue weighted by Gasteiger charge is 2.63. The fourth-order valence-corrected chi connectivity index (χ4v) is 5.76. The molecule has 0 radical (unpaired) electrons. The Hall–Kier alpha value is -3.58. The fourth-order valence-electron chi connectivity index (χ4n) is 5.41. The molecule has 0 aromatic carbocycles. The first-order valence-electron chi connectivity index (χ1n) is 10.6. The van der Waals surface area contributed by atoms with E-state index in [1.807, 2.05) is 11.8 Å². The standard InChI is InChI=1S/C20H19ClN8O5/c1-7-5-29-13-9(4-20(15(29)8(2)33-7)17(30)25-19(32)26-18(20)31)24-11-12(16-22-6-23-28(16)3)27-34-14(11)10(13)21/h6-8,15H,4-5H2,1-3H3,(H2,25,26,30,31,32)/t7-,8+,15-/m1/s1. The summed E-state index contributed by atoms with van der Waals surface area (Å²) >= 11 is 6.86. The maximum absolute atomic E-state index is 13.3. The number of hydrogen-bond donors (Lipinski definition) is 2. The average molecular weight is 487 g/mol. The second-order valence-electron chi connectivity index (χ2n) is 8.77. The van der Waals surface area contributed by atoms with Gasteiger partial charge >= 0.3 is 6.03 Å². The number of aryl methyl sites for hydroxylation is 1. The molecule has 2 N–H and O–H groups in total. The van der Waals surface area contributed by atoms with E-state index in [9.17, 15) is 14.4 Å². The molecule has 0 saturated carbocycles. The normalized spacial score (nSPS) is 25.8. The Morgan fingerprint density at radius 2 is 1.94 bits per heavy atom. The van der Waals surface area contributed by atoms with E-state index < -0.39 is 35.4 Å². The van der Waals surface area contributed by atoms with Crippen molar-refractivity contribution in [3.8, 4) is 11.5 Å². The van der Waals surface area contributed by atoms with Crippen molar-refractivity contribution in [1.82, 2.24) is 35.5 Å². The molecule has 3 atom stereocenters. The minimum atomic E-state index is -1.66. The first-order valence-corrected chi connectivity index (χ1v) is 11.0. The number of morpholine rings is 1. The van der Waals surface area contributed by atoms with Crippen LogP contribution < -0.4 is 15.5 Å². The monoisotopic (exact) mass is 486 g/mol. The Labute approximate surface area is 196 Å². The van der Waals surface area contributed by atoms with E-state index >= 15 is 0 Å². The summed E-state index contributed by atoms with van der Waals surface area (Å²) < 4.78 is 13.1. The number of carbonyl (C=O) groups is 3. The molecular weight excluding hydrogens is 468 g/mol. The lowest BCUT2D eigenvalue weighted by Crippen LogP contribution is -2.75. The van der Waals surface area contributed by atoms with Crippen molar-refractivity contribution in [3.63, 3.8) is 0 Å². The van der Waals surface area contributed by atoms with E-state index in [2.05, 4.69) is 25.9 Å². The quantitative estimate of drug-likeness (QED) is 0.465. The zero-order valence-electron chi connectivity index (χ0n) is 18.3. The first kappa shape index (κ1) is 21.0. The third-order valence-corrected chi connectivity index (χ3v) is 7.05. The molecule has 4 amide bonds. The van der Waals surface area contributed by atoms with E-state index in [-0.39, 0.29) is 23.1 Å². The van der Waals surface area contributed by atoms with Crippen LogP contribution in [-0.2, 0) is 27.8 Å². The van der Waals surface area contributed by atoms with E-state index in [1.165, 1.54) is 11.0 Å². The van der Waals surface area contributed by atoms with Gasteiger partial charge in [0.25, 0.3) is 0 Å². The van der Waals surface area contributed by atoms with Gasteiger partial charge in [0.2, 0.25) is 17.4 Å². The lowest BCUT2D eigenvalue weighted by Gasteiger charge is -2.55. The molecule has 14 heteroatoms. The van der Waals surface area contributed by atoms with Crippen molar-refractivity contribution >= 4 is 46.2 Å². The summed E-state index contributed by atoms with van der Waals surface area (Å²) in [6.45, 7) is 4.02. The second-order valence-corrected chi connectivity index (χ2v) is 9.15. The number of amides is 4. The van der Waals surface area contributed by atoms with Gasteiger partial charge in [0.15, 0.2) is 16.9 Å². The van der Waals surface area contributed by atoms with Crippen molar-refractivity contribution in [2.75, 3.05) is 11.4 Å². The lowest BCUT2D eigenvalue weighted by atomic mass is 9.67. The molecule has 13 nitrogen and oxygen atoms in total. The Bertz CT molecular complexity index is 1380. The molecule has 6 rings (SSSR count). The second kappa shape index (κ2) is 6.96. The van der Waals surface area contributed by atoms with Gasteiger partial charge in [-0.1, -0.05) is 16.8 Å². The number of nitrogens with zero attached hydrogens (tertiary/aromatic N) is 6. The van der Waals surface area contributed by atoms with Gasteiger partial charge in [-0.05, 0) is 13.8 Å². The smallest absolute Gasteiger partial charge is 0.328 e. The number of carbonyl (C=O) groups excluding carboxylic acids is 3. The van der Waals surface area contributed by atoms with Gasteiger partial charge in [-0.25, -0.2) is 19.4 Å². The number of hydrogen-bond acceptors (Lipinski definition) is 10. The number of pyridine rings is 1. The average Bonchev–Trinajstić information content (AvgIpc) is 3.37. The van der Waals surface area contributed by atoms with Gasteiger partial charge in [0.05, 0.1) is 29.6 Å². The number of rotatable bonds is 1. The van der Waals surface area contributed by atoms with Crippen LogP contribution in [0.5, 0.6) is 0 Å². The summed E-state index contributed by atoms with van der Waals surface area (Å²) in [5, 5.41) is 12.9. The molecule has 6 heterocycles. The SMILES string of the molecule is C[C@@H]1CN2c3c(nc4c(-c5ncnn5C)noc4c3Cl)CC3(C(=O)NC(=O)NC3=O)[C@H]2[C@H](C)O1. The predicted octanol–water partition coefficient (Wildman–Crippen LogP) is 0.562. The van der Waals surface area contributed by atoms with Crippen LogP contribution >= 0.6 is 11.6 Å². The van der Waals surface area contributed by atoms with Crippen LogP contribution in [0.15, 0.2) is 10.9 Å². The van der Waals surface area contributed by atoms with Crippen LogP contribution in [0, 0.1) is 5.41 Å². The summed E-state index contributed by atoms with van der Waals surface area (Å²) in [6.07, 6.45) is 0.522. The molecular formula is C20H19ClN8O5. The maximum atomic E-state index is 13.3. The molecule has 0 bridgehead atoms. The summed E-state index contributed by atoms with van der Waals surface area (Å²) in [5.74, 6) is -0.995. The molecule has 0 aliphatic carbocycles. The number of aromatic nitrogens is 5. The van der Waals surface area contributed by atoms with Gasteiger partial charge in [-0.2, -0.15) is 5.10 Å². The molecule has 0 unspecified atom stereocenters. The zero-order valence-corrected chi connectivity index (χ0v) is 19.1. The van der Waals surface area contributed by atoms with E-state index in [4.69, 9.17) is 25.8 Å². The number of ether oxygens (including phenoxy) is 1. The van der Waals surface area contributed by atoms with Crippen LogP contribution in [0.3, 0.4) is 0 Å². The molecule has 2 saturated heterocycles. The highest BCUT2D eigenvalue weighted by Crippen LogP contribution is 2.50. The maximum Gasteiger partial charge on any atom is 0.328 e. The minimum Gasteiger partial charge on any atom is -0.372 e. The molecule has 3 aliphatic rings. The molecule has 3 aliphatic heterocycles. The van der Waals surface area contributed by atoms with Gasteiger partial charge in [-0.15, -0.1) is 0 Å². The predicted molar refractivity (Wildman–Crippen MR) is 116 cm³/mol. The van der Waals surface area contributed by atoms with Gasteiger partial charge in [0, 0.05) is 20.0 Å². The third kappa shape index (κ3) is 2.61. The van der Waals surface area contributed by atoms with E-state index in [1.54, 1.807) is 14.0 Å². The largest absolute Gasteiger partial charge is 0.372 e. The highest BCUT2D eigenvalue weighted by molar-refractivity contribution is 6.38. The number of nitrogens with one attached hydrogen (secondary N) is 2. The minimum absolute atomic E-state index is 0.102. The van der Waals surface area contributed by atoms with Crippen molar-refractivity contribution in [1.29, 1.82) is 0 Å². The van der Waals surface area contributed by atoms with Crippen LogP contribution in [0.25, 0.3) is 22.6 Å². The topological polar surface area (TPSA) is 157 Å². The number of urea groups is 1. The highest BCUT2D eigenvalue weighted by atomic mass is 35.5. The number of imide groups is 2. The van der Waals surface area contributed by atoms with Crippen LogP contribution in [0.4, 0.5) is 10.5 Å². The molecule has 34 heavy (non-hydrogen) atoms. The van der Waals surface area contributed by atoms with Crippen LogP contribution in [-0.4, -0.2) is 67.5 Å². The molecule has 2 fully saturated rings. The van der Waals surface area contributed by atoms with Crippen molar-refractivity contribution in [3.05, 3.63) is 17.0 Å². The number of barbiturate groups is 1. The van der Waals surface area contributed by atoms with Crippen molar-refractivity contribution in [2.45, 2.75) is 38.5 Å². The van der Waals surface area contributed by atoms with E-state index in [0.717, 1.165) is 0 Å². The van der Waals surface area contributed by atoms with Crippen LogP contribution in [0.2, 0.25) is 5.02 Å². The molecule has 176 valence electrons. The fraction of sp³-hybridized carbons (Fsp3) is 0.450. The Kier molecular flexibility index (Phi) is 4.30. The lowest BCUT2D eigenvalue weighted by molar-refractivity contribution is -0.153. The van der Waals surface area contributed by atoms with Crippen LogP contribution in [0.1, 0.15) is 19.5 Å².